The Morgan fingerprint density at radius 2 is 2.24 bits per heavy atom. The fourth-order valence-electron chi connectivity index (χ4n) is 3.61. The van der Waals surface area contributed by atoms with Gasteiger partial charge in [-0.1, -0.05) is 24.9 Å². The molecular formula is C13H25B2NO. The van der Waals surface area contributed by atoms with Crippen molar-refractivity contribution in [2.75, 3.05) is 13.1 Å². The number of piperidine rings is 1. The maximum atomic E-state index is 10.9. The number of Topliss-reactive ketones (excluding diaryl/α,β-unsaturated/α-hetero) is 1. The fraction of sp³-hybridized carbons (Fsp3) is 0.923. The highest BCUT2D eigenvalue weighted by molar-refractivity contribution is 6.45. The summed E-state index contributed by atoms with van der Waals surface area (Å²) in [6, 6.07) is 0.874. The van der Waals surface area contributed by atoms with Crippen LogP contribution in [0.3, 0.4) is 0 Å². The molecule has 2 rings (SSSR count). The Balaban J connectivity index is 1.75. The van der Waals surface area contributed by atoms with Crippen LogP contribution in [0.25, 0.3) is 0 Å². The lowest BCUT2D eigenvalue weighted by atomic mass is 9.36. The fourth-order valence-corrected chi connectivity index (χ4v) is 3.61. The van der Waals surface area contributed by atoms with E-state index in [1.165, 1.54) is 33.1 Å². The second-order valence-electron chi connectivity index (χ2n) is 6.30. The molecule has 94 valence electrons. The van der Waals surface area contributed by atoms with E-state index in [0.29, 0.717) is 5.78 Å². The molecular weight excluding hydrogens is 208 g/mol. The van der Waals surface area contributed by atoms with Crippen LogP contribution < -0.4 is 0 Å². The molecule has 0 aliphatic carbocycles. The average Bonchev–Trinajstić information content (AvgIpc) is 2.20. The minimum atomic E-state index is 0.340. The first kappa shape index (κ1) is 13.2. The number of carbonyl (C=O) groups is 1. The molecule has 2 fully saturated rings. The molecule has 0 aromatic carbocycles. The van der Waals surface area contributed by atoms with Gasteiger partial charge in [0.2, 0.25) is 0 Å². The van der Waals surface area contributed by atoms with E-state index in [4.69, 9.17) is 0 Å². The van der Waals surface area contributed by atoms with Crippen LogP contribution in [0.15, 0.2) is 0 Å². The topological polar surface area (TPSA) is 20.3 Å². The van der Waals surface area contributed by atoms with Crippen molar-refractivity contribution in [3.05, 3.63) is 0 Å². The third-order valence-electron chi connectivity index (χ3n) is 5.08. The molecule has 0 aromatic heterocycles. The van der Waals surface area contributed by atoms with Crippen molar-refractivity contribution in [1.29, 1.82) is 0 Å². The van der Waals surface area contributed by atoms with Gasteiger partial charge in [0, 0.05) is 13.0 Å². The van der Waals surface area contributed by atoms with E-state index in [2.05, 4.69) is 19.7 Å². The lowest BCUT2D eigenvalue weighted by Gasteiger charge is -2.54. The van der Waals surface area contributed by atoms with Gasteiger partial charge in [0.05, 0.1) is 0 Å². The first-order valence-corrected chi connectivity index (χ1v) is 7.33. The van der Waals surface area contributed by atoms with Gasteiger partial charge in [0.1, 0.15) is 20.9 Å². The number of likely N-dealkylation sites (tertiary alicyclic amines) is 1. The third-order valence-corrected chi connectivity index (χ3v) is 5.08. The van der Waals surface area contributed by atoms with Crippen LogP contribution >= 0.6 is 0 Å². The Morgan fingerprint density at radius 3 is 2.82 bits per heavy atom. The van der Waals surface area contributed by atoms with Gasteiger partial charge >= 0.3 is 0 Å². The molecule has 2 nitrogen and oxygen atoms in total. The Morgan fingerprint density at radius 1 is 1.47 bits per heavy atom. The zero-order valence-electron chi connectivity index (χ0n) is 11.6. The van der Waals surface area contributed by atoms with Crippen molar-refractivity contribution in [1.82, 2.24) is 4.90 Å². The summed E-state index contributed by atoms with van der Waals surface area (Å²) in [5.74, 6) is 3.07. The summed E-state index contributed by atoms with van der Waals surface area (Å²) in [6.45, 7) is 6.60. The molecule has 0 aromatic rings. The number of nitrogens with zero attached hydrogens (tertiary/aromatic N) is 1. The molecule has 0 bridgehead atoms. The standard InChI is InChI=1S/C13H25B2NO/c1-9-8-16(6-4-3-5-10(2)17)11-7-15-13(11)12(9)14/h9,11-13,15H,3-8,14H2,1-2H3. The summed E-state index contributed by atoms with van der Waals surface area (Å²) in [6.07, 6.45) is 4.46. The minimum absolute atomic E-state index is 0.340. The Kier molecular flexibility index (Phi) is 4.35. The molecule has 2 aliphatic rings. The van der Waals surface area contributed by atoms with Crippen molar-refractivity contribution in [2.24, 2.45) is 5.92 Å². The smallest absolute Gasteiger partial charge is 0.129 e. The number of ketones is 1. The summed E-state index contributed by atoms with van der Waals surface area (Å²) < 4.78 is 0. The van der Waals surface area contributed by atoms with Gasteiger partial charge in [-0.2, -0.15) is 0 Å². The van der Waals surface area contributed by atoms with Gasteiger partial charge in [-0.25, -0.2) is 0 Å². The lowest BCUT2D eigenvalue weighted by molar-refractivity contribution is -0.117. The maximum absolute atomic E-state index is 10.9. The van der Waals surface area contributed by atoms with Crippen molar-refractivity contribution >= 4 is 20.9 Å². The van der Waals surface area contributed by atoms with Crippen LogP contribution in [-0.2, 0) is 4.79 Å². The highest BCUT2D eigenvalue weighted by atomic mass is 16.1. The SMILES string of the molecule is BC1C(C)CN(CCCCC(C)=O)C2CBC12. The van der Waals surface area contributed by atoms with Crippen LogP contribution in [0.4, 0.5) is 0 Å². The minimum Gasteiger partial charge on any atom is -0.301 e. The molecule has 0 spiro atoms. The van der Waals surface area contributed by atoms with E-state index >= 15 is 0 Å². The zero-order valence-corrected chi connectivity index (χ0v) is 11.6. The van der Waals surface area contributed by atoms with Gasteiger partial charge in [-0.3, -0.25) is 0 Å². The molecule has 0 amide bonds. The number of rotatable bonds is 5. The summed E-state index contributed by atoms with van der Waals surface area (Å²) in [5.41, 5.74) is 0. The largest absolute Gasteiger partial charge is 0.301 e. The van der Waals surface area contributed by atoms with Crippen LogP contribution in [0.5, 0.6) is 0 Å². The second kappa shape index (κ2) is 5.60. The third kappa shape index (κ3) is 2.96. The molecule has 17 heavy (non-hydrogen) atoms. The molecule has 4 atom stereocenters. The molecule has 0 radical (unpaired) electrons. The van der Waals surface area contributed by atoms with Crippen molar-refractivity contribution in [3.63, 3.8) is 0 Å². The Bertz CT molecular complexity index is 285. The quantitative estimate of drug-likeness (QED) is 0.524. The predicted molar refractivity (Wildman–Crippen MR) is 77.1 cm³/mol. The van der Waals surface area contributed by atoms with Crippen molar-refractivity contribution in [2.45, 2.75) is 57.1 Å². The highest BCUT2D eigenvalue weighted by Gasteiger charge is 2.44. The maximum Gasteiger partial charge on any atom is 0.129 e. The summed E-state index contributed by atoms with van der Waals surface area (Å²) in [7, 11) is 3.88. The predicted octanol–water partition coefficient (Wildman–Crippen LogP) is 1.14. The summed E-state index contributed by atoms with van der Waals surface area (Å²) >= 11 is 0. The lowest BCUT2D eigenvalue weighted by Crippen LogP contribution is -2.56. The van der Waals surface area contributed by atoms with Gasteiger partial charge in [0.15, 0.2) is 0 Å². The van der Waals surface area contributed by atoms with E-state index < -0.39 is 0 Å². The number of carbonyl (C=O) groups excluding carboxylic acids is 1. The molecule has 4 heteroatoms. The monoisotopic (exact) mass is 233 g/mol. The number of unbranched alkanes of at least 4 members (excludes halogenated alkanes) is 1. The number of hydrogen-bond donors (Lipinski definition) is 0. The molecule has 2 saturated heterocycles. The van der Waals surface area contributed by atoms with Crippen molar-refractivity contribution in [3.8, 4) is 0 Å². The molecule has 2 heterocycles. The first-order chi connectivity index (χ1) is 8.09. The van der Waals surface area contributed by atoms with Crippen LogP contribution in [0, 0.1) is 5.92 Å². The Hall–Kier alpha value is -0.240. The van der Waals surface area contributed by atoms with Gasteiger partial charge in [0.25, 0.3) is 0 Å². The van der Waals surface area contributed by atoms with Gasteiger partial charge < -0.3 is 9.69 Å². The highest BCUT2D eigenvalue weighted by Crippen LogP contribution is 2.47. The average molecular weight is 233 g/mol. The number of fused-ring (bicyclic) bond motifs is 1. The summed E-state index contributed by atoms with van der Waals surface area (Å²) in [5, 5.41) is 0. The van der Waals surface area contributed by atoms with E-state index in [1.54, 1.807) is 6.92 Å². The second-order valence-corrected chi connectivity index (χ2v) is 6.30. The Labute approximate surface area is 107 Å². The number of hydrogen-bond acceptors (Lipinski definition) is 2. The molecule has 2 aliphatic heterocycles. The first-order valence-electron chi connectivity index (χ1n) is 7.33. The molecule has 0 N–H and O–H groups in total. The van der Waals surface area contributed by atoms with E-state index in [9.17, 15) is 4.79 Å². The van der Waals surface area contributed by atoms with Crippen LogP contribution in [-0.4, -0.2) is 44.9 Å². The van der Waals surface area contributed by atoms with Gasteiger partial charge in [-0.05, 0) is 38.3 Å². The molecule has 0 saturated carbocycles. The summed E-state index contributed by atoms with van der Waals surface area (Å²) in [4.78, 5) is 13.6. The van der Waals surface area contributed by atoms with Gasteiger partial charge in [-0.15, -0.1) is 0 Å². The van der Waals surface area contributed by atoms with Crippen LogP contribution in [0.1, 0.15) is 33.1 Å². The van der Waals surface area contributed by atoms with E-state index in [0.717, 1.165) is 36.4 Å². The van der Waals surface area contributed by atoms with E-state index in [1.807, 2.05) is 0 Å². The normalized spacial score (nSPS) is 36.8. The van der Waals surface area contributed by atoms with E-state index in [-0.39, 0.29) is 0 Å². The molecule has 4 unspecified atom stereocenters. The van der Waals surface area contributed by atoms with Crippen molar-refractivity contribution < 1.29 is 4.79 Å². The van der Waals surface area contributed by atoms with Crippen LogP contribution in [0.2, 0.25) is 18.0 Å². The zero-order chi connectivity index (χ0) is 12.4.